The molecule has 2 aromatic heterocycles. The smallest absolute Gasteiger partial charge is 0.330 e. The lowest BCUT2D eigenvalue weighted by Crippen LogP contribution is -2.42. The number of nitrogens with one attached hydrogen (secondary N) is 1. The van der Waals surface area contributed by atoms with Crippen molar-refractivity contribution in [3.05, 3.63) is 78.1 Å². The van der Waals surface area contributed by atoms with Crippen LogP contribution in [0, 0.1) is 5.92 Å². The monoisotopic (exact) mass is 482 g/mol. The lowest BCUT2D eigenvalue weighted by atomic mass is 9.88. The number of nitrogen functional groups attached to an aromatic ring is 1. The van der Waals surface area contributed by atoms with Crippen LogP contribution in [0.5, 0.6) is 0 Å². The van der Waals surface area contributed by atoms with Gasteiger partial charge in [0.05, 0.1) is 12.1 Å². The Balaban J connectivity index is 1.77. The van der Waals surface area contributed by atoms with Gasteiger partial charge in [0.2, 0.25) is 0 Å². The van der Waals surface area contributed by atoms with Gasteiger partial charge < -0.3 is 15.4 Å². The van der Waals surface area contributed by atoms with E-state index in [1.807, 2.05) is 35.7 Å². The Bertz CT molecular complexity index is 1280. The Hall–Kier alpha value is -3.17. The Kier molecular flexibility index (Phi) is 7.33. The van der Waals surface area contributed by atoms with Gasteiger partial charge in [-0.1, -0.05) is 37.3 Å². The first-order chi connectivity index (χ1) is 16.4. The highest BCUT2D eigenvalue weighted by Crippen LogP contribution is 2.34. The molecule has 4 rings (SSSR count). The molecule has 1 amide bonds. The van der Waals surface area contributed by atoms with E-state index < -0.39 is 11.2 Å². The van der Waals surface area contributed by atoms with Gasteiger partial charge in [0.15, 0.2) is 5.69 Å². The number of benzene rings is 1. The molecular formula is C25H30N4O4S. The average Bonchev–Trinajstić information content (AvgIpc) is 3.24. The molecule has 2 heterocycles. The number of thiophene rings is 1. The number of fused-ring (bicyclic) bond motifs is 1. The Labute approximate surface area is 202 Å². The number of H-pyrrole nitrogens is 1. The van der Waals surface area contributed by atoms with Gasteiger partial charge in [0, 0.05) is 30.5 Å². The number of hydrogen-bond acceptors (Lipinski definition) is 6. The molecule has 3 N–H and O–H groups in total. The summed E-state index contributed by atoms with van der Waals surface area (Å²) in [7, 11) is 1.59. The van der Waals surface area contributed by atoms with Crippen molar-refractivity contribution in [3.8, 4) is 0 Å². The summed E-state index contributed by atoms with van der Waals surface area (Å²) in [6.45, 7) is 3.06. The first kappa shape index (κ1) is 24.0. The summed E-state index contributed by atoms with van der Waals surface area (Å²) < 4.78 is 6.47. The zero-order valence-corrected chi connectivity index (χ0v) is 20.3. The number of aromatic nitrogens is 2. The van der Waals surface area contributed by atoms with Gasteiger partial charge in [0.25, 0.3) is 11.5 Å². The largest absolute Gasteiger partial charge is 0.385 e. The highest BCUT2D eigenvalue weighted by Gasteiger charge is 2.30. The van der Waals surface area contributed by atoms with Crippen molar-refractivity contribution in [2.45, 2.75) is 39.2 Å². The van der Waals surface area contributed by atoms with Crippen molar-refractivity contribution in [3.63, 3.8) is 0 Å². The minimum Gasteiger partial charge on any atom is -0.385 e. The lowest BCUT2D eigenvalue weighted by Gasteiger charge is -2.26. The summed E-state index contributed by atoms with van der Waals surface area (Å²) in [5.41, 5.74) is 7.66. The van der Waals surface area contributed by atoms with E-state index in [1.165, 1.54) is 14.3 Å². The number of aromatic amines is 1. The molecule has 34 heavy (non-hydrogen) atoms. The van der Waals surface area contributed by atoms with Crippen LogP contribution in [-0.2, 0) is 24.1 Å². The topological polar surface area (TPSA) is 110 Å². The molecule has 9 heteroatoms. The molecular weight excluding hydrogens is 452 g/mol. The summed E-state index contributed by atoms with van der Waals surface area (Å²) in [6.07, 6.45) is 3.34. The molecule has 0 bridgehead atoms. The maximum atomic E-state index is 13.8. The number of methoxy groups -OCH3 is 1. The van der Waals surface area contributed by atoms with Crippen LogP contribution < -0.4 is 21.9 Å². The summed E-state index contributed by atoms with van der Waals surface area (Å²) in [5.74, 6) is 0.290. The second kappa shape index (κ2) is 10.4. The molecule has 1 atom stereocenters. The predicted octanol–water partition coefficient (Wildman–Crippen LogP) is 3.04. The third kappa shape index (κ3) is 4.85. The number of rotatable bonds is 8. The number of carbonyl (C=O) groups excluding carboxylic acids is 1. The van der Waals surface area contributed by atoms with Gasteiger partial charge in [-0.15, -0.1) is 11.3 Å². The molecule has 3 aromatic rings. The normalized spacial score (nSPS) is 15.2. The maximum absolute atomic E-state index is 13.8. The Morgan fingerprint density at radius 3 is 2.79 bits per heavy atom. The van der Waals surface area contributed by atoms with Crippen LogP contribution in [0.2, 0.25) is 0 Å². The quantitative estimate of drug-likeness (QED) is 0.480. The van der Waals surface area contributed by atoms with E-state index in [9.17, 15) is 14.4 Å². The molecule has 0 aliphatic heterocycles. The van der Waals surface area contributed by atoms with Crippen LogP contribution in [0.4, 0.5) is 11.5 Å². The zero-order valence-electron chi connectivity index (χ0n) is 19.5. The molecule has 0 radical (unpaired) electrons. The molecule has 0 fully saturated rings. The summed E-state index contributed by atoms with van der Waals surface area (Å²) >= 11 is 1.60. The molecule has 180 valence electrons. The third-order valence-corrected chi connectivity index (χ3v) is 7.33. The molecule has 1 unspecified atom stereocenters. The van der Waals surface area contributed by atoms with Crippen LogP contribution in [0.25, 0.3) is 0 Å². The third-order valence-electron chi connectivity index (χ3n) is 6.28. The van der Waals surface area contributed by atoms with Gasteiger partial charge in [-0.2, -0.15) is 0 Å². The second-order valence-corrected chi connectivity index (χ2v) is 9.73. The fraction of sp³-hybridized carbons (Fsp3) is 0.400. The number of carbonyl (C=O) groups is 1. The summed E-state index contributed by atoms with van der Waals surface area (Å²) in [6, 6.07) is 9.36. The first-order valence-electron chi connectivity index (χ1n) is 11.5. The van der Waals surface area contributed by atoms with E-state index in [0.717, 1.165) is 30.4 Å². The van der Waals surface area contributed by atoms with E-state index >= 15 is 0 Å². The van der Waals surface area contributed by atoms with Crippen molar-refractivity contribution in [2.75, 3.05) is 30.9 Å². The highest BCUT2D eigenvalue weighted by molar-refractivity contribution is 7.10. The molecule has 8 nitrogen and oxygen atoms in total. The number of hydrogen-bond donors (Lipinski definition) is 2. The minimum atomic E-state index is -0.671. The zero-order chi connectivity index (χ0) is 24.2. The van der Waals surface area contributed by atoms with Gasteiger partial charge in [-0.25, -0.2) is 4.79 Å². The van der Waals surface area contributed by atoms with Crippen molar-refractivity contribution in [1.29, 1.82) is 0 Å². The first-order valence-corrected chi connectivity index (χ1v) is 12.3. The van der Waals surface area contributed by atoms with Crippen LogP contribution in [0.1, 0.15) is 46.1 Å². The second-order valence-electron chi connectivity index (χ2n) is 8.77. The lowest BCUT2D eigenvalue weighted by molar-refractivity contribution is 0.0982. The number of amides is 1. The Morgan fingerprint density at radius 1 is 1.29 bits per heavy atom. The fourth-order valence-corrected chi connectivity index (χ4v) is 5.68. The van der Waals surface area contributed by atoms with Crippen molar-refractivity contribution in [1.82, 2.24) is 9.55 Å². The summed E-state index contributed by atoms with van der Waals surface area (Å²) in [5, 5.41) is 1.89. The highest BCUT2D eigenvalue weighted by atomic mass is 32.1. The minimum absolute atomic E-state index is 0.000705. The van der Waals surface area contributed by atoms with Gasteiger partial charge in [0.1, 0.15) is 5.82 Å². The predicted molar refractivity (Wildman–Crippen MR) is 135 cm³/mol. The van der Waals surface area contributed by atoms with E-state index in [0.29, 0.717) is 24.5 Å². The van der Waals surface area contributed by atoms with Gasteiger partial charge in [-0.05, 0) is 42.7 Å². The van der Waals surface area contributed by atoms with Crippen molar-refractivity contribution < 1.29 is 9.53 Å². The number of nitrogens with two attached hydrogens (primary N) is 1. The average molecular weight is 483 g/mol. The summed E-state index contributed by atoms with van der Waals surface area (Å²) in [4.78, 5) is 44.4. The molecule has 1 aliphatic carbocycles. The number of nitrogens with zero attached hydrogens (tertiary/aromatic N) is 2. The Morgan fingerprint density at radius 2 is 2.06 bits per heavy atom. The molecule has 1 aromatic carbocycles. The van der Waals surface area contributed by atoms with E-state index in [1.54, 1.807) is 18.4 Å². The SMILES string of the molecule is COCCCN(C(=O)c1csc2c1CCC(C)C2)c1c(N)n(Cc2ccccc2)c(=O)[nH]c1=O. The van der Waals surface area contributed by atoms with Crippen molar-refractivity contribution >= 4 is 28.7 Å². The number of anilines is 2. The maximum Gasteiger partial charge on any atom is 0.330 e. The van der Waals surface area contributed by atoms with Crippen LogP contribution in [-0.4, -0.2) is 35.7 Å². The van der Waals surface area contributed by atoms with Crippen LogP contribution >= 0.6 is 11.3 Å². The van der Waals surface area contributed by atoms with E-state index in [-0.39, 0.29) is 30.5 Å². The van der Waals surface area contributed by atoms with Crippen LogP contribution in [0.15, 0.2) is 45.3 Å². The molecule has 1 aliphatic rings. The fourth-order valence-electron chi connectivity index (χ4n) is 4.45. The van der Waals surface area contributed by atoms with E-state index in [2.05, 4.69) is 11.9 Å². The molecule has 0 saturated carbocycles. The standard InChI is InChI=1S/C25H30N4O4S/c1-16-9-10-18-19(15-34-20(18)13-16)24(31)28(11-6-12-33-2)21-22(26)29(25(32)27-23(21)30)14-17-7-4-3-5-8-17/h3-5,7-8,15-16H,6,9-14,26H2,1-2H3,(H,27,30,32). The van der Waals surface area contributed by atoms with Gasteiger partial charge >= 0.3 is 5.69 Å². The van der Waals surface area contributed by atoms with E-state index in [4.69, 9.17) is 10.5 Å². The molecule has 0 saturated heterocycles. The van der Waals surface area contributed by atoms with Gasteiger partial charge in [-0.3, -0.25) is 19.1 Å². The molecule has 0 spiro atoms. The van der Waals surface area contributed by atoms with Crippen molar-refractivity contribution in [2.24, 2.45) is 5.92 Å². The van der Waals surface area contributed by atoms with Crippen LogP contribution in [0.3, 0.4) is 0 Å². The number of ether oxygens (including phenoxy) is 1.